The van der Waals surface area contributed by atoms with Crippen LogP contribution in [0.3, 0.4) is 0 Å². The number of benzene rings is 7. The van der Waals surface area contributed by atoms with Crippen molar-refractivity contribution in [2.24, 2.45) is 0 Å². The van der Waals surface area contributed by atoms with E-state index in [1.165, 1.54) is 73.5 Å². The van der Waals surface area contributed by atoms with Crippen LogP contribution in [-0.2, 0) is 32.5 Å². The van der Waals surface area contributed by atoms with Crippen molar-refractivity contribution in [1.82, 2.24) is 0 Å². The molecule has 5 heteroatoms. The first-order valence-corrected chi connectivity index (χ1v) is 27.1. The minimum Gasteiger partial charge on any atom is -0.468 e. The lowest BCUT2D eigenvalue weighted by atomic mass is 9.35. The van der Waals surface area contributed by atoms with Gasteiger partial charge in [0.25, 0.3) is 6.71 Å². The molecule has 0 saturated carbocycles. The van der Waals surface area contributed by atoms with E-state index in [9.17, 15) is 0 Å². The lowest BCUT2D eigenvalue weighted by molar-refractivity contribution is 0.332. The predicted octanol–water partition coefficient (Wildman–Crippen LogP) is 17.3. The molecule has 8 aromatic rings. The third kappa shape index (κ3) is 7.52. The second-order valence-electron chi connectivity index (χ2n) is 26.8. The molecule has 4 aliphatic rings. The fraction of sp³-hybridized carbons (Fsp3) is 0.353. The normalized spacial score (nSPS) is 17.9. The molecule has 4 nitrogen and oxygen atoms in total. The van der Waals surface area contributed by atoms with Gasteiger partial charge in [0, 0.05) is 45.2 Å². The third-order valence-corrected chi connectivity index (χ3v) is 17.9. The van der Waals surface area contributed by atoms with Crippen LogP contribution in [0.2, 0.25) is 0 Å². The highest BCUT2D eigenvalue weighted by atomic mass is 16.3. The van der Waals surface area contributed by atoms with Gasteiger partial charge >= 0.3 is 0 Å². The zero-order valence-corrected chi connectivity index (χ0v) is 46.0. The first-order valence-electron chi connectivity index (χ1n) is 27.1. The van der Waals surface area contributed by atoms with Crippen LogP contribution in [0.5, 0.6) is 0 Å². The molecule has 0 unspecified atom stereocenters. The van der Waals surface area contributed by atoms with Gasteiger partial charge in [0.2, 0.25) is 0 Å². The molecular weight excluding hydrogens is 886 g/mol. The van der Waals surface area contributed by atoms with E-state index in [0.717, 1.165) is 64.3 Å². The van der Waals surface area contributed by atoms with Crippen molar-refractivity contribution in [3.63, 3.8) is 0 Å². The Bertz CT molecular complexity index is 3470. The molecule has 0 amide bonds. The standard InChI is InChI=1S/C68H74BN3O/c1-63(2,3)43-26-32-59-50(37-43)61-62(73-59)69-55-38-44(64(4,5)6)25-31-56(55)71(47-27-29-51-53(39-47)67(11,12)35-33-65(51,7)8)57-41-49(70(45-21-17-15-18-22-45)46-23-19-16-20-24-46)42-58(60(57)69)72(61)48-28-30-52-54(40-48)68(13,14)36-34-66(52,9)10/h15-32,37-42H,33-36H2,1-14H3. The summed E-state index contributed by atoms with van der Waals surface area (Å²) in [5, 5.41) is 1.15. The van der Waals surface area contributed by atoms with Crippen LogP contribution < -0.4 is 31.3 Å². The van der Waals surface area contributed by atoms with Gasteiger partial charge in [-0.05, 0) is 181 Å². The molecule has 0 atom stereocenters. The fourth-order valence-electron chi connectivity index (χ4n) is 13.1. The Morgan fingerprint density at radius 1 is 0.452 bits per heavy atom. The van der Waals surface area contributed by atoms with Gasteiger partial charge in [-0.25, -0.2) is 0 Å². The maximum absolute atomic E-state index is 7.54. The van der Waals surface area contributed by atoms with E-state index in [2.05, 4.69) is 257 Å². The predicted molar refractivity (Wildman–Crippen MR) is 313 cm³/mol. The summed E-state index contributed by atoms with van der Waals surface area (Å²) >= 11 is 0. The second-order valence-corrected chi connectivity index (χ2v) is 26.8. The topological polar surface area (TPSA) is 22.9 Å². The number of hydrogen-bond donors (Lipinski definition) is 0. The minimum atomic E-state index is -0.188. The zero-order valence-electron chi connectivity index (χ0n) is 46.0. The Morgan fingerprint density at radius 2 is 0.918 bits per heavy atom. The molecule has 0 radical (unpaired) electrons. The Morgan fingerprint density at radius 3 is 1.44 bits per heavy atom. The lowest BCUT2D eigenvalue weighted by Gasteiger charge is -2.46. The highest BCUT2D eigenvalue weighted by Crippen LogP contribution is 2.54. The summed E-state index contributed by atoms with van der Waals surface area (Å²) in [5.74, 6) is 0. The average Bonchev–Trinajstić information content (AvgIpc) is 3.74. The molecule has 12 rings (SSSR count). The average molecular weight is 960 g/mol. The Labute approximate surface area is 436 Å². The summed E-state index contributed by atoms with van der Waals surface area (Å²) in [5.41, 5.74) is 23.3. The summed E-state index contributed by atoms with van der Waals surface area (Å²) in [6, 6.07) is 56.0. The van der Waals surface area contributed by atoms with Crippen molar-refractivity contribution < 1.29 is 4.42 Å². The quantitative estimate of drug-likeness (QED) is 0.160. The minimum absolute atomic E-state index is 0.00641. The number of furan rings is 1. The molecule has 1 aromatic heterocycles. The number of nitrogens with zero attached hydrogens (tertiary/aromatic N) is 3. The van der Waals surface area contributed by atoms with Gasteiger partial charge in [-0.3, -0.25) is 0 Å². The lowest BCUT2D eigenvalue weighted by Crippen LogP contribution is -2.61. The Balaban J connectivity index is 1.25. The number of para-hydroxylation sites is 2. The number of anilines is 9. The highest BCUT2D eigenvalue weighted by Gasteiger charge is 2.49. The maximum atomic E-state index is 7.54. The van der Waals surface area contributed by atoms with Crippen molar-refractivity contribution in [3.05, 3.63) is 179 Å². The first-order chi connectivity index (χ1) is 34.4. The summed E-state index contributed by atoms with van der Waals surface area (Å²) < 4.78 is 7.54. The van der Waals surface area contributed by atoms with E-state index < -0.39 is 0 Å². The van der Waals surface area contributed by atoms with Gasteiger partial charge < -0.3 is 19.1 Å². The van der Waals surface area contributed by atoms with Crippen LogP contribution in [0, 0.1) is 0 Å². The van der Waals surface area contributed by atoms with Crippen molar-refractivity contribution in [2.75, 3.05) is 14.7 Å². The molecule has 73 heavy (non-hydrogen) atoms. The van der Waals surface area contributed by atoms with Crippen LogP contribution in [0.15, 0.2) is 150 Å². The van der Waals surface area contributed by atoms with Crippen molar-refractivity contribution in [3.8, 4) is 0 Å². The highest BCUT2D eigenvalue weighted by molar-refractivity contribution is 7.00. The molecule has 0 bridgehead atoms. The summed E-state index contributed by atoms with van der Waals surface area (Å²) in [6.45, 7) is 33.4. The second kappa shape index (κ2) is 16.0. The smallest absolute Gasteiger partial charge is 0.297 e. The first kappa shape index (κ1) is 47.5. The SMILES string of the molecule is CC(C)(C)c1ccc2c(c1)B1c3oc4ccc(C(C)(C)C)cc4c3N(c3ccc4c(c3)C(C)(C)CCC4(C)C)c3cc(N(c4ccccc4)c4ccccc4)cc(c31)N2c1ccc2c(c1)C(C)(C)CCC2(C)C. The van der Waals surface area contributed by atoms with E-state index in [0.29, 0.717) is 0 Å². The van der Waals surface area contributed by atoms with Crippen LogP contribution in [0.4, 0.5) is 51.2 Å². The van der Waals surface area contributed by atoms with Gasteiger partial charge in [-0.15, -0.1) is 0 Å². The van der Waals surface area contributed by atoms with E-state index in [-0.39, 0.29) is 39.2 Å². The fourth-order valence-corrected chi connectivity index (χ4v) is 13.1. The molecule has 0 fully saturated rings. The van der Waals surface area contributed by atoms with Gasteiger partial charge in [-0.1, -0.05) is 164 Å². The number of rotatable bonds is 5. The molecule has 7 aromatic carbocycles. The molecule has 2 aliphatic heterocycles. The summed E-state index contributed by atoms with van der Waals surface area (Å²) in [6.07, 6.45) is 4.62. The number of hydrogen-bond acceptors (Lipinski definition) is 4. The van der Waals surface area contributed by atoms with Crippen LogP contribution in [-0.4, -0.2) is 6.71 Å². The molecule has 370 valence electrons. The third-order valence-electron chi connectivity index (χ3n) is 17.9. The summed E-state index contributed by atoms with van der Waals surface area (Å²) in [4.78, 5) is 7.70. The molecule has 0 N–H and O–H groups in total. The Kier molecular flexibility index (Phi) is 10.4. The number of fused-ring (bicyclic) bond motifs is 8. The van der Waals surface area contributed by atoms with E-state index >= 15 is 0 Å². The maximum Gasteiger partial charge on any atom is 0.297 e. The molecular formula is C68H74BN3O. The van der Waals surface area contributed by atoms with Crippen LogP contribution >= 0.6 is 0 Å². The monoisotopic (exact) mass is 960 g/mol. The van der Waals surface area contributed by atoms with Gasteiger partial charge in [0.05, 0.1) is 17.0 Å². The molecule has 3 heterocycles. The van der Waals surface area contributed by atoms with Crippen LogP contribution in [0.1, 0.15) is 156 Å². The van der Waals surface area contributed by atoms with E-state index in [1.54, 1.807) is 0 Å². The summed E-state index contributed by atoms with van der Waals surface area (Å²) in [7, 11) is 0. The molecule has 0 saturated heterocycles. The molecule has 2 aliphatic carbocycles. The van der Waals surface area contributed by atoms with Crippen molar-refractivity contribution >= 4 is 85.5 Å². The van der Waals surface area contributed by atoms with Gasteiger partial charge in [0.15, 0.2) is 0 Å². The van der Waals surface area contributed by atoms with Crippen molar-refractivity contribution in [2.45, 2.75) is 155 Å². The van der Waals surface area contributed by atoms with Gasteiger partial charge in [0.1, 0.15) is 5.58 Å². The molecule has 0 spiro atoms. The van der Waals surface area contributed by atoms with Crippen molar-refractivity contribution in [1.29, 1.82) is 0 Å². The van der Waals surface area contributed by atoms with Crippen LogP contribution in [0.25, 0.3) is 11.0 Å². The van der Waals surface area contributed by atoms with E-state index in [1.807, 2.05) is 0 Å². The van der Waals surface area contributed by atoms with Gasteiger partial charge in [-0.2, -0.15) is 0 Å². The zero-order chi connectivity index (χ0) is 51.4. The largest absolute Gasteiger partial charge is 0.468 e. The van der Waals surface area contributed by atoms with E-state index in [4.69, 9.17) is 4.42 Å². The Hall–Kier alpha value is -6.46.